The van der Waals surface area contributed by atoms with Crippen LogP contribution in [0.2, 0.25) is 0 Å². The van der Waals surface area contributed by atoms with E-state index >= 15 is 0 Å². The van der Waals surface area contributed by atoms with E-state index in [2.05, 4.69) is 0 Å². The molecule has 5 aromatic rings. The first kappa shape index (κ1) is 44.1. The lowest BCUT2D eigenvalue weighted by Gasteiger charge is -2.23. The molecule has 65 heavy (non-hydrogen) atoms. The molecule has 1 fully saturated rings. The van der Waals surface area contributed by atoms with E-state index in [1.54, 1.807) is 31.4 Å². The van der Waals surface area contributed by atoms with Crippen molar-refractivity contribution >= 4 is 0 Å². The van der Waals surface area contributed by atoms with E-state index in [9.17, 15) is 30.6 Å². The fraction of sp³-hybridized carbons (Fsp3) is 0.400. The molecule has 344 valence electrons. The average molecular weight is 895 g/mol. The zero-order valence-corrected chi connectivity index (χ0v) is 36.7. The van der Waals surface area contributed by atoms with E-state index in [4.69, 9.17) is 42.6 Å². The Morgan fingerprint density at radius 1 is 0.462 bits per heavy atom. The molecule has 0 aliphatic carbocycles. The first-order valence-electron chi connectivity index (χ1n) is 21.5. The summed E-state index contributed by atoms with van der Waals surface area (Å²) in [5, 5.41) is 64.0. The minimum Gasteiger partial charge on any atom is -0.504 e. The van der Waals surface area contributed by atoms with Gasteiger partial charge in [0.05, 0.1) is 85.8 Å². The van der Waals surface area contributed by atoms with Crippen LogP contribution in [-0.2, 0) is 11.2 Å². The zero-order valence-electron chi connectivity index (χ0n) is 36.7. The van der Waals surface area contributed by atoms with Crippen LogP contribution in [0.1, 0.15) is 86.7 Å². The number of ether oxygens (including phenoxy) is 9. The van der Waals surface area contributed by atoms with Crippen LogP contribution in [0.25, 0.3) is 0 Å². The molecule has 4 heterocycles. The van der Waals surface area contributed by atoms with E-state index in [1.807, 2.05) is 42.5 Å². The smallest absolute Gasteiger partial charge is 0.165 e. The lowest BCUT2D eigenvalue weighted by atomic mass is 9.82. The van der Waals surface area contributed by atoms with Crippen LogP contribution in [0.3, 0.4) is 0 Å². The zero-order chi connectivity index (χ0) is 45.7. The maximum absolute atomic E-state index is 11.1. The number of methoxy groups -OCH3 is 5. The summed E-state index contributed by atoms with van der Waals surface area (Å²) >= 11 is 0. The molecule has 1 saturated heterocycles. The molecule has 4 aliphatic heterocycles. The number of benzene rings is 5. The fourth-order valence-corrected chi connectivity index (χ4v) is 10.2. The number of hydrogen-bond acceptors (Lipinski definition) is 15. The van der Waals surface area contributed by atoms with Gasteiger partial charge < -0.3 is 73.3 Å². The van der Waals surface area contributed by atoms with E-state index in [0.717, 1.165) is 16.7 Å². The quantitative estimate of drug-likeness (QED) is 0.0682. The van der Waals surface area contributed by atoms with Gasteiger partial charge in [-0.05, 0) is 101 Å². The summed E-state index contributed by atoms with van der Waals surface area (Å²) in [7, 11) is 7.60. The minimum atomic E-state index is -0.700. The van der Waals surface area contributed by atoms with Gasteiger partial charge in [0, 0.05) is 29.2 Å². The molecule has 0 aromatic heterocycles. The lowest BCUT2D eigenvalue weighted by molar-refractivity contribution is 0.0716. The highest BCUT2D eigenvalue weighted by molar-refractivity contribution is 5.61. The molecule has 15 nitrogen and oxygen atoms in total. The van der Waals surface area contributed by atoms with Gasteiger partial charge in [-0.1, -0.05) is 12.1 Å². The predicted octanol–water partition coefficient (Wildman–Crippen LogP) is 6.31. The molecule has 9 rings (SSSR count). The maximum Gasteiger partial charge on any atom is 0.165 e. The van der Waals surface area contributed by atoms with Crippen molar-refractivity contribution in [1.29, 1.82) is 0 Å². The van der Waals surface area contributed by atoms with Crippen LogP contribution in [0.4, 0.5) is 0 Å². The molecule has 0 amide bonds. The summed E-state index contributed by atoms with van der Waals surface area (Å²) in [4.78, 5) is 0. The van der Waals surface area contributed by atoms with Gasteiger partial charge in [-0.2, -0.15) is 0 Å². The van der Waals surface area contributed by atoms with Gasteiger partial charge >= 0.3 is 0 Å². The topological polar surface area (TPSA) is 204 Å². The highest BCUT2D eigenvalue weighted by Crippen LogP contribution is 2.58. The normalized spacial score (nSPS) is 24.9. The van der Waals surface area contributed by atoms with Crippen LogP contribution in [0.15, 0.2) is 72.8 Å². The molecular weight excluding hydrogens is 841 g/mol. The first-order valence-corrected chi connectivity index (χ1v) is 21.5. The molecule has 0 radical (unpaired) electrons. The lowest BCUT2D eigenvalue weighted by Crippen LogP contribution is -2.21. The average Bonchev–Trinajstić information content (AvgIpc) is 4.12. The number of fused-ring (bicyclic) bond motifs is 3. The van der Waals surface area contributed by atoms with Crippen molar-refractivity contribution in [1.82, 2.24) is 0 Å². The number of phenols is 2. The van der Waals surface area contributed by atoms with Gasteiger partial charge in [0.15, 0.2) is 57.5 Å². The number of phenolic OH excluding ortho intramolecular Hbond substituents is 2. The highest BCUT2D eigenvalue weighted by Gasteiger charge is 2.46. The first-order chi connectivity index (χ1) is 31.6. The number of aliphatic hydroxyl groups excluding tert-OH is 4. The fourth-order valence-electron chi connectivity index (χ4n) is 10.2. The third kappa shape index (κ3) is 7.54. The minimum absolute atomic E-state index is 0.0187. The third-order valence-corrected chi connectivity index (χ3v) is 13.6. The highest BCUT2D eigenvalue weighted by atomic mass is 16.5. The van der Waals surface area contributed by atoms with E-state index < -0.39 is 42.2 Å². The van der Waals surface area contributed by atoms with E-state index in [-0.39, 0.29) is 55.5 Å². The monoisotopic (exact) mass is 894 g/mol. The van der Waals surface area contributed by atoms with Gasteiger partial charge in [0.2, 0.25) is 0 Å². The van der Waals surface area contributed by atoms with Gasteiger partial charge in [-0.25, -0.2) is 0 Å². The molecule has 4 aliphatic rings. The summed E-state index contributed by atoms with van der Waals surface area (Å²) in [6, 6.07) is 21.4. The predicted molar refractivity (Wildman–Crippen MR) is 234 cm³/mol. The molecular formula is C50H54O15. The van der Waals surface area contributed by atoms with Crippen LogP contribution in [-0.4, -0.2) is 99.2 Å². The van der Waals surface area contributed by atoms with Crippen LogP contribution >= 0.6 is 0 Å². The van der Waals surface area contributed by atoms with Crippen LogP contribution in [0.5, 0.6) is 57.5 Å². The van der Waals surface area contributed by atoms with Crippen molar-refractivity contribution in [3.8, 4) is 57.5 Å². The summed E-state index contributed by atoms with van der Waals surface area (Å²) < 4.78 is 54.6. The molecule has 0 spiro atoms. The van der Waals surface area contributed by atoms with Crippen molar-refractivity contribution in [3.63, 3.8) is 0 Å². The summed E-state index contributed by atoms with van der Waals surface area (Å²) in [5.74, 6) is 1.47. The van der Waals surface area contributed by atoms with Crippen molar-refractivity contribution in [3.05, 3.63) is 117 Å². The number of rotatable bonds is 15. The Balaban J connectivity index is 1.01. The van der Waals surface area contributed by atoms with E-state index in [0.29, 0.717) is 81.1 Å². The SMILES string of the molecule is COc1cc(CC2COC(c3cc(OC)c4c(c3)C(CO)C(c3cc(OC)c5c(c3)C(CO)C(c3cc(OC)c6c(c3)C(CO)C(c3ccc(O)c(OC)c3)O6)O5)O4)C2CO)ccc1O. The number of aliphatic hydroxyl groups is 4. The molecule has 9 unspecified atom stereocenters. The Bertz CT molecular complexity index is 2560. The standard InChI is InChI=1S/C50H54O15/c1-57-39-11-24(6-8-37(39)55)10-29-23-62-44(33(29)19-51)26-12-30-35(21-53)46(64-49(30)41(16-26)59-3)28-14-32-36(22-54)47(65-50(32)43(18-28)61-5)27-13-31-34(20-52)45(63-48(31)42(17-27)60-4)25-7-9-38(56)40(15-25)58-2/h6-9,11-18,29,33-36,44-47,51-56H,10,19-23H2,1-5H3. The second-order valence-electron chi connectivity index (χ2n) is 16.9. The van der Waals surface area contributed by atoms with Crippen LogP contribution < -0.4 is 37.9 Å². The molecule has 0 saturated carbocycles. The maximum atomic E-state index is 11.1. The molecule has 5 aromatic carbocycles. The molecule has 6 N–H and O–H groups in total. The van der Waals surface area contributed by atoms with Gasteiger partial charge in [-0.3, -0.25) is 0 Å². The van der Waals surface area contributed by atoms with E-state index in [1.165, 1.54) is 34.5 Å². The van der Waals surface area contributed by atoms with Crippen molar-refractivity contribution < 1.29 is 73.3 Å². The summed E-state index contributed by atoms with van der Waals surface area (Å²) in [5.41, 5.74) is 5.88. The molecule has 15 heteroatoms. The third-order valence-electron chi connectivity index (χ3n) is 13.6. The molecule has 9 atom stereocenters. The van der Waals surface area contributed by atoms with Gasteiger partial charge in [0.25, 0.3) is 0 Å². The van der Waals surface area contributed by atoms with Crippen LogP contribution in [0, 0.1) is 11.8 Å². The Labute approximate surface area is 376 Å². The Kier molecular flexibility index (Phi) is 12.3. The molecule has 0 bridgehead atoms. The summed E-state index contributed by atoms with van der Waals surface area (Å²) in [6.07, 6.45) is -1.88. The second-order valence-corrected chi connectivity index (χ2v) is 16.9. The van der Waals surface area contributed by atoms with Gasteiger partial charge in [0.1, 0.15) is 18.3 Å². The van der Waals surface area contributed by atoms with Gasteiger partial charge in [-0.15, -0.1) is 0 Å². The Morgan fingerprint density at radius 3 is 1.29 bits per heavy atom. The van der Waals surface area contributed by atoms with Crippen molar-refractivity contribution in [2.24, 2.45) is 11.8 Å². The number of aromatic hydroxyl groups is 2. The number of hydrogen-bond donors (Lipinski definition) is 6. The Morgan fingerprint density at radius 2 is 0.862 bits per heavy atom. The summed E-state index contributed by atoms with van der Waals surface area (Å²) in [6.45, 7) is -0.543. The van der Waals surface area contributed by atoms with Crippen molar-refractivity contribution in [2.45, 2.75) is 48.6 Å². The van der Waals surface area contributed by atoms with Crippen molar-refractivity contribution in [2.75, 3.05) is 68.6 Å². The Hall–Kier alpha value is -6.10. The largest absolute Gasteiger partial charge is 0.504 e. The second kappa shape index (κ2) is 18.1.